The number of hydrogen-bond donors (Lipinski definition) is 1. The smallest absolute Gasteiger partial charge is 0.138 e. The Morgan fingerprint density at radius 1 is 1.42 bits per heavy atom. The molecule has 1 N–H and O–H groups in total. The van der Waals surface area contributed by atoms with Gasteiger partial charge in [0.1, 0.15) is 11.4 Å². The van der Waals surface area contributed by atoms with Crippen molar-refractivity contribution in [3.05, 3.63) is 28.8 Å². The van der Waals surface area contributed by atoms with Gasteiger partial charge >= 0.3 is 0 Å². The minimum Gasteiger partial charge on any atom is -0.484 e. The summed E-state index contributed by atoms with van der Waals surface area (Å²) in [5, 5.41) is 11.1. The first-order valence-electron chi connectivity index (χ1n) is 6.84. The molecule has 3 rings (SSSR count). The van der Waals surface area contributed by atoms with Crippen LogP contribution in [0.1, 0.15) is 43.8 Å². The number of rotatable bonds is 1. The molecule has 104 valence electrons. The standard InChI is InChI=1S/C15H19ClO3/c1-18-14-4-2-3-7-15(14)9-12(17)11-8-10(16)5-6-13(11)19-15/h5-6,8,12,14,17H,2-4,7,9H2,1H3/t12-,14?,15?/m1/s1. The molecule has 1 aromatic carbocycles. The van der Waals surface area contributed by atoms with E-state index in [0.717, 1.165) is 37.0 Å². The van der Waals surface area contributed by atoms with Crippen molar-refractivity contribution in [3.63, 3.8) is 0 Å². The molecule has 3 atom stereocenters. The molecule has 1 fully saturated rings. The molecule has 3 nitrogen and oxygen atoms in total. The highest BCUT2D eigenvalue weighted by Crippen LogP contribution is 2.47. The van der Waals surface area contributed by atoms with E-state index in [0.29, 0.717) is 11.4 Å². The Morgan fingerprint density at radius 3 is 3.05 bits per heavy atom. The van der Waals surface area contributed by atoms with E-state index in [9.17, 15) is 5.11 Å². The molecule has 1 saturated carbocycles. The summed E-state index contributed by atoms with van der Waals surface area (Å²) in [4.78, 5) is 0. The van der Waals surface area contributed by atoms with E-state index in [1.165, 1.54) is 0 Å². The van der Waals surface area contributed by atoms with Gasteiger partial charge in [0.2, 0.25) is 0 Å². The highest BCUT2D eigenvalue weighted by atomic mass is 35.5. The summed E-state index contributed by atoms with van der Waals surface area (Å²) in [6.07, 6.45) is 4.32. The lowest BCUT2D eigenvalue weighted by Crippen LogP contribution is -2.53. The predicted octanol–water partition coefficient (Wildman–Crippen LogP) is 3.48. The second kappa shape index (κ2) is 4.97. The summed E-state index contributed by atoms with van der Waals surface area (Å²) in [5.41, 5.74) is 0.409. The topological polar surface area (TPSA) is 38.7 Å². The summed E-state index contributed by atoms with van der Waals surface area (Å²) in [6, 6.07) is 5.44. The van der Waals surface area contributed by atoms with E-state index in [2.05, 4.69) is 0 Å². The molecule has 1 aromatic rings. The van der Waals surface area contributed by atoms with Crippen molar-refractivity contribution in [3.8, 4) is 5.75 Å². The zero-order chi connectivity index (χ0) is 13.5. The maximum Gasteiger partial charge on any atom is 0.138 e. The molecule has 4 heteroatoms. The Bertz CT molecular complexity index is 476. The summed E-state index contributed by atoms with van der Waals surface area (Å²) in [6.45, 7) is 0. The van der Waals surface area contributed by atoms with Crippen LogP contribution < -0.4 is 4.74 Å². The Kier molecular flexibility index (Phi) is 3.46. The molecule has 1 spiro atoms. The molecule has 0 aromatic heterocycles. The Hall–Kier alpha value is -0.770. The normalized spacial score (nSPS) is 33.8. The van der Waals surface area contributed by atoms with Crippen molar-refractivity contribution >= 4 is 11.6 Å². The average molecular weight is 283 g/mol. The van der Waals surface area contributed by atoms with E-state index in [-0.39, 0.29) is 11.7 Å². The van der Waals surface area contributed by atoms with Gasteiger partial charge < -0.3 is 14.6 Å². The van der Waals surface area contributed by atoms with E-state index in [1.54, 1.807) is 19.2 Å². The summed E-state index contributed by atoms with van der Waals surface area (Å²) in [5.74, 6) is 0.743. The first kappa shape index (κ1) is 13.2. The van der Waals surface area contributed by atoms with Crippen LogP contribution in [0.5, 0.6) is 5.75 Å². The van der Waals surface area contributed by atoms with Crippen LogP contribution >= 0.6 is 11.6 Å². The van der Waals surface area contributed by atoms with Crippen LogP contribution in [-0.2, 0) is 4.74 Å². The van der Waals surface area contributed by atoms with Crippen molar-refractivity contribution in [2.75, 3.05) is 7.11 Å². The van der Waals surface area contributed by atoms with Gasteiger partial charge in [0.15, 0.2) is 0 Å². The molecule has 2 aliphatic rings. The molecular weight excluding hydrogens is 264 g/mol. The van der Waals surface area contributed by atoms with E-state index in [4.69, 9.17) is 21.1 Å². The zero-order valence-corrected chi connectivity index (χ0v) is 11.8. The van der Waals surface area contributed by atoms with Crippen LogP contribution in [0, 0.1) is 0 Å². The maximum absolute atomic E-state index is 10.4. The molecule has 0 bridgehead atoms. The molecule has 1 aliphatic carbocycles. The minimum absolute atomic E-state index is 0.0553. The fourth-order valence-electron chi connectivity index (χ4n) is 3.43. The highest BCUT2D eigenvalue weighted by molar-refractivity contribution is 6.30. The number of benzene rings is 1. The lowest BCUT2D eigenvalue weighted by atomic mass is 9.75. The molecular formula is C15H19ClO3. The Morgan fingerprint density at radius 2 is 2.26 bits per heavy atom. The SMILES string of the molecule is COC1CCCCC12C[C@@H](O)c1cc(Cl)ccc1O2. The monoisotopic (exact) mass is 282 g/mol. The summed E-state index contributed by atoms with van der Waals surface area (Å²) >= 11 is 5.98. The number of methoxy groups -OCH3 is 1. The number of fused-ring (bicyclic) bond motifs is 1. The van der Waals surface area contributed by atoms with E-state index >= 15 is 0 Å². The number of aliphatic hydroxyl groups excluding tert-OH is 1. The van der Waals surface area contributed by atoms with Gasteiger partial charge in [0, 0.05) is 24.1 Å². The third-order valence-corrected chi connectivity index (χ3v) is 4.61. The van der Waals surface area contributed by atoms with E-state index in [1.807, 2.05) is 6.07 Å². The summed E-state index contributed by atoms with van der Waals surface area (Å²) < 4.78 is 11.9. The fourth-order valence-corrected chi connectivity index (χ4v) is 3.61. The van der Waals surface area contributed by atoms with Crippen LogP contribution in [-0.4, -0.2) is 23.9 Å². The molecule has 0 amide bonds. The molecule has 0 radical (unpaired) electrons. The molecule has 19 heavy (non-hydrogen) atoms. The van der Waals surface area contributed by atoms with Crippen molar-refractivity contribution in [2.45, 2.75) is 49.9 Å². The molecule has 0 saturated heterocycles. The van der Waals surface area contributed by atoms with Crippen molar-refractivity contribution in [1.29, 1.82) is 0 Å². The second-order valence-corrected chi connectivity index (χ2v) is 5.98. The molecule has 1 heterocycles. The van der Waals surface area contributed by atoms with Crippen LogP contribution in [0.15, 0.2) is 18.2 Å². The molecule has 2 unspecified atom stereocenters. The largest absolute Gasteiger partial charge is 0.484 e. The third-order valence-electron chi connectivity index (χ3n) is 4.37. The predicted molar refractivity (Wildman–Crippen MR) is 73.7 cm³/mol. The van der Waals surface area contributed by atoms with Gasteiger partial charge in [0.05, 0.1) is 12.2 Å². The van der Waals surface area contributed by atoms with Gasteiger partial charge in [-0.25, -0.2) is 0 Å². The number of aliphatic hydroxyl groups is 1. The first-order chi connectivity index (χ1) is 9.14. The van der Waals surface area contributed by atoms with Gasteiger partial charge in [-0.1, -0.05) is 18.0 Å². The van der Waals surface area contributed by atoms with Crippen molar-refractivity contribution in [2.24, 2.45) is 0 Å². The van der Waals surface area contributed by atoms with Crippen LogP contribution in [0.2, 0.25) is 5.02 Å². The highest BCUT2D eigenvalue weighted by Gasteiger charge is 2.48. The minimum atomic E-state index is -0.529. The van der Waals surface area contributed by atoms with Gasteiger partial charge in [0.25, 0.3) is 0 Å². The Balaban J connectivity index is 1.97. The quantitative estimate of drug-likeness (QED) is 0.857. The average Bonchev–Trinajstić information content (AvgIpc) is 2.40. The Labute approximate surface area is 118 Å². The molecule has 1 aliphatic heterocycles. The first-order valence-corrected chi connectivity index (χ1v) is 7.22. The fraction of sp³-hybridized carbons (Fsp3) is 0.600. The van der Waals surface area contributed by atoms with Gasteiger partial charge in [-0.15, -0.1) is 0 Å². The zero-order valence-electron chi connectivity index (χ0n) is 11.1. The van der Waals surface area contributed by atoms with Gasteiger partial charge in [-0.05, 0) is 37.5 Å². The van der Waals surface area contributed by atoms with Crippen LogP contribution in [0.3, 0.4) is 0 Å². The number of hydrogen-bond acceptors (Lipinski definition) is 3. The third kappa shape index (κ3) is 2.24. The van der Waals surface area contributed by atoms with Gasteiger partial charge in [-0.3, -0.25) is 0 Å². The lowest BCUT2D eigenvalue weighted by molar-refractivity contribution is -0.130. The maximum atomic E-state index is 10.4. The number of ether oxygens (including phenoxy) is 2. The lowest BCUT2D eigenvalue weighted by Gasteiger charge is -2.47. The van der Waals surface area contributed by atoms with Crippen molar-refractivity contribution in [1.82, 2.24) is 0 Å². The van der Waals surface area contributed by atoms with Gasteiger partial charge in [-0.2, -0.15) is 0 Å². The second-order valence-electron chi connectivity index (χ2n) is 5.54. The number of halogens is 1. The summed E-state index contributed by atoms with van der Waals surface area (Å²) in [7, 11) is 1.73. The van der Waals surface area contributed by atoms with Crippen LogP contribution in [0.4, 0.5) is 0 Å². The van der Waals surface area contributed by atoms with Crippen molar-refractivity contribution < 1.29 is 14.6 Å². The van der Waals surface area contributed by atoms with Crippen LogP contribution in [0.25, 0.3) is 0 Å². The van der Waals surface area contributed by atoms with E-state index < -0.39 is 6.10 Å².